The van der Waals surface area contributed by atoms with Crippen molar-refractivity contribution in [3.63, 3.8) is 0 Å². The molecule has 0 radical (unpaired) electrons. The van der Waals surface area contributed by atoms with Crippen molar-refractivity contribution in [2.45, 2.75) is 25.3 Å². The lowest BCUT2D eigenvalue weighted by Crippen LogP contribution is -2.52. The lowest BCUT2D eigenvalue weighted by Gasteiger charge is -2.33. The molecule has 0 aliphatic carbocycles. The first-order chi connectivity index (χ1) is 10.3. The minimum absolute atomic E-state index is 0.0109. The Bertz CT molecular complexity index is 470. The van der Waals surface area contributed by atoms with Gasteiger partial charge in [0.25, 0.3) is 0 Å². The quantitative estimate of drug-likeness (QED) is 0.910. The average molecular weight is 287 g/mol. The molecule has 0 spiro atoms. The molecule has 2 saturated heterocycles. The van der Waals surface area contributed by atoms with E-state index in [1.165, 1.54) is 5.56 Å². The third-order valence-electron chi connectivity index (χ3n) is 4.82. The molecule has 2 fully saturated rings. The monoisotopic (exact) mass is 287 g/mol. The standard InChI is InChI=1S/C17H25N3O/c1-14(17(21)19-11-8-18-9-12-19)20-10-7-16(13-20)15-5-3-2-4-6-15/h2-6,14,16,18H,7-13H2,1H3. The van der Waals surface area contributed by atoms with Crippen molar-refractivity contribution < 1.29 is 4.79 Å². The summed E-state index contributed by atoms with van der Waals surface area (Å²) in [5.74, 6) is 0.870. The zero-order valence-corrected chi connectivity index (χ0v) is 12.8. The first-order valence-electron chi connectivity index (χ1n) is 8.04. The van der Waals surface area contributed by atoms with E-state index in [0.29, 0.717) is 11.8 Å². The van der Waals surface area contributed by atoms with Crippen LogP contribution >= 0.6 is 0 Å². The largest absolute Gasteiger partial charge is 0.339 e. The van der Waals surface area contributed by atoms with E-state index >= 15 is 0 Å². The van der Waals surface area contributed by atoms with E-state index < -0.39 is 0 Å². The number of hydrogen-bond acceptors (Lipinski definition) is 3. The lowest BCUT2D eigenvalue weighted by atomic mass is 9.99. The van der Waals surface area contributed by atoms with Crippen molar-refractivity contribution in [1.29, 1.82) is 0 Å². The summed E-state index contributed by atoms with van der Waals surface area (Å²) < 4.78 is 0. The Morgan fingerprint density at radius 3 is 2.62 bits per heavy atom. The molecule has 4 heteroatoms. The Balaban J connectivity index is 1.59. The van der Waals surface area contributed by atoms with Crippen LogP contribution in [0.1, 0.15) is 24.8 Å². The van der Waals surface area contributed by atoms with E-state index in [1.807, 2.05) is 4.90 Å². The summed E-state index contributed by atoms with van der Waals surface area (Å²) in [5, 5.41) is 3.30. The van der Waals surface area contributed by atoms with Crippen molar-refractivity contribution in [2.75, 3.05) is 39.3 Å². The number of nitrogens with zero attached hydrogens (tertiary/aromatic N) is 2. The topological polar surface area (TPSA) is 35.6 Å². The third-order valence-corrected chi connectivity index (χ3v) is 4.82. The van der Waals surface area contributed by atoms with Crippen LogP contribution in [-0.4, -0.2) is 61.0 Å². The van der Waals surface area contributed by atoms with E-state index in [2.05, 4.69) is 47.5 Å². The average Bonchev–Trinajstić information content (AvgIpc) is 3.05. The van der Waals surface area contributed by atoms with Gasteiger partial charge in [-0.1, -0.05) is 30.3 Å². The van der Waals surface area contributed by atoms with Gasteiger partial charge in [-0.15, -0.1) is 0 Å². The van der Waals surface area contributed by atoms with E-state index in [4.69, 9.17) is 0 Å². The van der Waals surface area contributed by atoms with Crippen LogP contribution in [0.5, 0.6) is 0 Å². The van der Waals surface area contributed by atoms with Gasteiger partial charge in [0.1, 0.15) is 0 Å². The van der Waals surface area contributed by atoms with Gasteiger partial charge in [-0.05, 0) is 31.4 Å². The fourth-order valence-electron chi connectivity index (χ4n) is 3.44. The van der Waals surface area contributed by atoms with E-state index in [0.717, 1.165) is 45.7 Å². The fraction of sp³-hybridized carbons (Fsp3) is 0.588. The molecule has 2 aliphatic heterocycles. The zero-order valence-electron chi connectivity index (χ0n) is 12.8. The summed E-state index contributed by atoms with van der Waals surface area (Å²) in [6, 6.07) is 10.7. The number of amides is 1. The minimum atomic E-state index is 0.0109. The molecule has 1 aromatic rings. The number of piperazine rings is 1. The van der Waals surface area contributed by atoms with Crippen LogP contribution in [0, 0.1) is 0 Å². The summed E-state index contributed by atoms with van der Waals surface area (Å²) in [5.41, 5.74) is 1.40. The number of rotatable bonds is 3. The van der Waals surface area contributed by atoms with E-state index in [9.17, 15) is 4.79 Å². The van der Waals surface area contributed by atoms with Gasteiger partial charge in [-0.25, -0.2) is 0 Å². The van der Waals surface area contributed by atoms with Gasteiger partial charge < -0.3 is 10.2 Å². The normalized spacial score (nSPS) is 25.0. The van der Waals surface area contributed by atoms with Crippen molar-refractivity contribution in [2.24, 2.45) is 0 Å². The first kappa shape index (κ1) is 14.5. The molecule has 2 unspecified atom stereocenters. The highest BCUT2D eigenvalue weighted by Crippen LogP contribution is 2.28. The van der Waals surface area contributed by atoms with Crippen molar-refractivity contribution in [1.82, 2.24) is 15.1 Å². The zero-order chi connectivity index (χ0) is 14.7. The van der Waals surface area contributed by atoms with Crippen LogP contribution in [0.25, 0.3) is 0 Å². The summed E-state index contributed by atoms with van der Waals surface area (Å²) in [6.45, 7) is 7.63. The number of benzene rings is 1. The second-order valence-electron chi connectivity index (χ2n) is 6.14. The molecule has 1 aromatic carbocycles. The van der Waals surface area contributed by atoms with Gasteiger partial charge in [-0.3, -0.25) is 9.69 Å². The van der Waals surface area contributed by atoms with Crippen LogP contribution in [-0.2, 0) is 4.79 Å². The molecule has 0 saturated carbocycles. The van der Waals surface area contributed by atoms with Gasteiger partial charge in [0.15, 0.2) is 0 Å². The molecule has 1 N–H and O–H groups in total. The van der Waals surface area contributed by atoms with Gasteiger partial charge in [-0.2, -0.15) is 0 Å². The maximum absolute atomic E-state index is 12.6. The molecule has 2 heterocycles. The molecule has 4 nitrogen and oxygen atoms in total. The number of nitrogens with one attached hydrogen (secondary N) is 1. The molecular formula is C17H25N3O. The van der Waals surface area contributed by atoms with Crippen molar-refractivity contribution in [3.8, 4) is 0 Å². The molecular weight excluding hydrogens is 262 g/mol. The Kier molecular flexibility index (Phi) is 4.56. The van der Waals surface area contributed by atoms with E-state index in [-0.39, 0.29) is 6.04 Å². The molecule has 3 rings (SSSR count). The Hall–Kier alpha value is -1.39. The molecule has 2 atom stereocenters. The second-order valence-corrected chi connectivity index (χ2v) is 6.14. The molecule has 21 heavy (non-hydrogen) atoms. The van der Waals surface area contributed by atoms with Crippen LogP contribution < -0.4 is 5.32 Å². The summed E-state index contributed by atoms with van der Waals surface area (Å²) in [6.07, 6.45) is 1.16. The SMILES string of the molecule is CC(C(=O)N1CCNCC1)N1CCC(c2ccccc2)C1. The van der Waals surface area contributed by atoms with Gasteiger partial charge in [0.2, 0.25) is 5.91 Å². The van der Waals surface area contributed by atoms with Crippen LogP contribution in [0.3, 0.4) is 0 Å². The van der Waals surface area contributed by atoms with E-state index in [1.54, 1.807) is 0 Å². The fourth-order valence-corrected chi connectivity index (χ4v) is 3.44. The number of carbonyl (C=O) groups is 1. The molecule has 0 aromatic heterocycles. The highest BCUT2D eigenvalue weighted by Gasteiger charge is 2.32. The minimum Gasteiger partial charge on any atom is -0.339 e. The highest BCUT2D eigenvalue weighted by molar-refractivity contribution is 5.81. The maximum atomic E-state index is 12.6. The van der Waals surface area contributed by atoms with Crippen molar-refractivity contribution in [3.05, 3.63) is 35.9 Å². The number of carbonyl (C=O) groups excluding carboxylic acids is 1. The van der Waals surface area contributed by atoms with Gasteiger partial charge in [0.05, 0.1) is 6.04 Å². The van der Waals surface area contributed by atoms with Crippen LogP contribution in [0.4, 0.5) is 0 Å². The number of likely N-dealkylation sites (tertiary alicyclic amines) is 1. The molecule has 114 valence electrons. The van der Waals surface area contributed by atoms with Gasteiger partial charge >= 0.3 is 0 Å². The summed E-state index contributed by atoms with van der Waals surface area (Å²) in [4.78, 5) is 16.9. The molecule has 2 aliphatic rings. The Morgan fingerprint density at radius 2 is 1.90 bits per heavy atom. The lowest BCUT2D eigenvalue weighted by molar-refractivity contribution is -0.136. The predicted molar refractivity (Wildman–Crippen MR) is 84.3 cm³/mol. The maximum Gasteiger partial charge on any atom is 0.239 e. The van der Waals surface area contributed by atoms with Crippen LogP contribution in [0.2, 0.25) is 0 Å². The van der Waals surface area contributed by atoms with Crippen molar-refractivity contribution >= 4 is 5.91 Å². The Morgan fingerprint density at radius 1 is 1.19 bits per heavy atom. The van der Waals surface area contributed by atoms with Crippen LogP contribution in [0.15, 0.2) is 30.3 Å². The molecule has 1 amide bonds. The summed E-state index contributed by atoms with van der Waals surface area (Å²) >= 11 is 0. The third kappa shape index (κ3) is 3.27. The Labute approximate surface area is 127 Å². The molecule has 0 bridgehead atoms. The smallest absolute Gasteiger partial charge is 0.239 e. The summed E-state index contributed by atoms with van der Waals surface area (Å²) in [7, 11) is 0. The predicted octanol–water partition coefficient (Wildman–Crippen LogP) is 1.30. The van der Waals surface area contributed by atoms with Gasteiger partial charge in [0, 0.05) is 32.7 Å². The first-order valence-corrected chi connectivity index (χ1v) is 8.04. The highest BCUT2D eigenvalue weighted by atomic mass is 16.2. The number of hydrogen-bond donors (Lipinski definition) is 1. The second kappa shape index (κ2) is 6.58.